The largest absolute Gasteiger partial charge is 0.483 e. The third-order valence-corrected chi connectivity index (χ3v) is 8.30. The number of ether oxygens (including phenoxy) is 1. The molecule has 0 amide bonds. The zero-order valence-corrected chi connectivity index (χ0v) is 22.9. The molecule has 2 atom stereocenters. The minimum Gasteiger partial charge on any atom is -0.388 e. The fourth-order valence-corrected chi connectivity index (χ4v) is 6.14. The smallest absolute Gasteiger partial charge is 0.388 e. The summed E-state index contributed by atoms with van der Waals surface area (Å²) in [5.74, 6) is -0.414. The van der Waals surface area contributed by atoms with Crippen molar-refractivity contribution in [3.8, 4) is 0 Å². The first-order valence-electron chi connectivity index (χ1n) is 12.5. The molecule has 0 saturated heterocycles. The van der Waals surface area contributed by atoms with Crippen LogP contribution in [0.3, 0.4) is 0 Å². The van der Waals surface area contributed by atoms with Crippen LogP contribution < -0.4 is 4.72 Å². The van der Waals surface area contributed by atoms with Crippen molar-refractivity contribution in [3.05, 3.63) is 71.8 Å². The van der Waals surface area contributed by atoms with E-state index >= 15 is 0 Å². The summed E-state index contributed by atoms with van der Waals surface area (Å²) >= 11 is 0. The van der Waals surface area contributed by atoms with Crippen LogP contribution in [0.15, 0.2) is 60.7 Å². The molecular weight excluding hydrogens is 517 g/mol. The molecule has 37 heavy (non-hydrogen) atoms. The summed E-state index contributed by atoms with van der Waals surface area (Å²) in [5, 5.41) is 11.1. The van der Waals surface area contributed by atoms with Gasteiger partial charge in [-0.2, -0.15) is 19.4 Å². The number of sulfonamides is 1. The van der Waals surface area contributed by atoms with Crippen molar-refractivity contribution in [1.29, 1.82) is 0 Å². The average molecular weight is 557 g/mol. The average Bonchev–Trinajstić information content (AvgIpc) is 2.86. The Morgan fingerprint density at radius 3 is 2.05 bits per heavy atom. The van der Waals surface area contributed by atoms with E-state index in [1.807, 2.05) is 30.3 Å². The topological polar surface area (TPSA) is 153 Å². The van der Waals surface area contributed by atoms with Gasteiger partial charge in [0.25, 0.3) is 5.72 Å². The van der Waals surface area contributed by atoms with Crippen molar-refractivity contribution in [2.24, 2.45) is 0 Å². The third kappa shape index (κ3) is 10.5. The standard InChI is InChI=1S/C26H39NO8PS/c1-2-3-4-5-12-19-24(28)26(25(29)36(30,31)32,35-21-23-16-10-7-11-17-23)27-37(33,34)20-13-18-22-14-8-6-9-15-22/h6-11,14-17,24,27-28,30-32H,2-5,12-13,18-21H2,1H3/q+1. The van der Waals surface area contributed by atoms with Crippen LogP contribution in [-0.2, 0) is 32.6 Å². The number of benzene rings is 2. The van der Waals surface area contributed by atoms with Gasteiger partial charge in [-0.1, -0.05) is 99.7 Å². The predicted molar refractivity (Wildman–Crippen MR) is 144 cm³/mol. The number of rotatable bonds is 18. The molecule has 0 bridgehead atoms. The zero-order chi connectivity index (χ0) is 27.4. The van der Waals surface area contributed by atoms with E-state index in [9.17, 15) is 33.0 Å². The lowest BCUT2D eigenvalue weighted by Crippen LogP contribution is -2.64. The third-order valence-electron chi connectivity index (χ3n) is 5.98. The maximum absolute atomic E-state index is 13.1. The van der Waals surface area contributed by atoms with Crippen LogP contribution in [0.1, 0.15) is 63.0 Å². The van der Waals surface area contributed by atoms with Crippen LogP contribution in [0.4, 0.5) is 0 Å². The van der Waals surface area contributed by atoms with Crippen LogP contribution in [0.5, 0.6) is 0 Å². The second-order valence-corrected chi connectivity index (χ2v) is 12.5. The quantitative estimate of drug-likeness (QED) is 0.106. The van der Waals surface area contributed by atoms with Crippen LogP contribution in [0.2, 0.25) is 0 Å². The van der Waals surface area contributed by atoms with E-state index in [4.69, 9.17) is 4.74 Å². The Morgan fingerprint density at radius 2 is 1.49 bits per heavy atom. The molecule has 0 fully saturated rings. The highest BCUT2D eigenvalue weighted by Gasteiger charge is 2.63. The molecule has 9 nitrogen and oxygen atoms in total. The van der Waals surface area contributed by atoms with E-state index in [0.29, 0.717) is 18.4 Å². The van der Waals surface area contributed by atoms with E-state index < -0.39 is 41.1 Å². The van der Waals surface area contributed by atoms with Gasteiger partial charge in [-0.15, -0.1) is 0 Å². The number of hydrogen-bond acceptors (Lipinski definition) is 8. The predicted octanol–water partition coefficient (Wildman–Crippen LogP) is 3.44. The van der Waals surface area contributed by atoms with Crippen molar-refractivity contribution in [3.63, 3.8) is 0 Å². The molecule has 0 aliphatic carbocycles. The molecule has 11 heteroatoms. The first-order valence-corrected chi connectivity index (χ1v) is 15.8. The summed E-state index contributed by atoms with van der Waals surface area (Å²) in [5.41, 5.74) is -3.00. The molecule has 0 radical (unpaired) electrons. The first kappa shape index (κ1) is 31.5. The minimum atomic E-state index is -5.26. The number of unbranched alkanes of at least 4 members (excludes halogenated alkanes) is 4. The van der Waals surface area contributed by atoms with Gasteiger partial charge in [-0.25, -0.2) is 13.2 Å². The molecule has 2 aromatic carbocycles. The molecule has 5 N–H and O–H groups in total. The molecule has 0 heterocycles. The maximum atomic E-state index is 13.1. The number of hydrogen-bond donors (Lipinski definition) is 5. The summed E-state index contributed by atoms with van der Waals surface area (Å²) in [6.07, 6.45) is 2.84. The van der Waals surface area contributed by atoms with E-state index in [0.717, 1.165) is 31.2 Å². The highest BCUT2D eigenvalue weighted by Crippen LogP contribution is 2.50. The van der Waals surface area contributed by atoms with Gasteiger partial charge in [-0.3, -0.25) is 0 Å². The lowest BCUT2D eigenvalue weighted by Gasteiger charge is -2.35. The van der Waals surface area contributed by atoms with E-state index in [1.165, 1.54) is 0 Å². The number of aliphatic hydroxyl groups is 1. The summed E-state index contributed by atoms with van der Waals surface area (Å²) in [6.45, 7) is 1.72. The second kappa shape index (κ2) is 15.0. The number of carbonyl (C=O) groups excluding carboxylic acids is 1. The summed E-state index contributed by atoms with van der Waals surface area (Å²) in [6, 6.07) is 17.8. The molecule has 206 valence electrons. The van der Waals surface area contributed by atoms with E-state index in [2.05, 4.69) is 11.6 Å². The van der Waals surface area contributed by atoms with Crippen molar-refractivity contribution >= 4 is 23.5 Å². The van der Waals surface area contributed by atoms with Gasteiger partial charge in [0.05, 0.1) is 12.4 Å². The molecule has 0 spiro atoms. The Labute approximate surface area is 220 Å². The molecule has 0 aromatic heterocycles. The lowest BCUT2D eigenvalue weighted by atomic mass is 10.0. The number of aryl methyl sites for hydroxylation is 1. The fraction of sp³-hybridized carbons (Fsp3) is 0.500. The SMILES string of the molecule is CCCCCCCC(O)C(NS(=O)(=O)CCCc1ccccc1)(OCc1ccccc1)C(=O)[P+](O)(O)O. The highest BCUT2D eigenvalue weighted by atomic mass is 32.2. The number of aliphatic hydroxyl groups excluding tert-OH is 1. The molecule has 0 saturated carbocycles. The summed E-state index contributed by atoms with van der Waals surface area (Å²) < 4.78 is 34.0. The summed E-state index contributed by atoms with van der Waals surface area (Å²) in [4.78, 5) is 42.8. The number of nitrogens with one attached hydrogen (secondary N) is 1. The Bertz CT molecular complexity index is 1050. The van der Waals surface area contributed by atoms with Crippen molar-refractivity contribution in [2.75, 3.05) is 5.75 Å². The van der Waals surface area contributed by atoms with Crippen LogP contribution >= 0.6 is 7.94 Å². The van der Waals surface area contributed by atoms with Gasteiger partial charge in [0.1, 0.15) is 6.10 Å². The zero-order valence-electron chi connectivity index (χ0n) is 21.2. The minimum absolute atomic E-state index is 0.0588. The Kier molecular flexibility index (Phi) is 12.8. The van der Waals surface area contributed by atoms with Gasteiger partial charge in [0.15, 0.2) is 0 Å². The van der Waals surface area contributed by atoms with Gasteiger partial charge in [0.2, 0.25) is 10.0 Å². The van der Waals surface area contributed by atoms with Gasteiger partial charge >= 0.3 is 13.5 Å². The second-order valence-electron chi connectivity index (χ2n) is 9.11. The van der Waals surface area contributed by atoms with Crippen molar-refractivity contribution in [1.82, 2.24) is 4.72 Å². The van der Waals surface area contributed by atoms with E-state index in [1.54, 1.807) is 30.3 Å². The molecule has 2 aromatic rings. The van der Waals surface area contributed by atoms with Crippen LogP contribution in [0, 0.1) is 0 Å². The highest BCUT2D eigenvalue weighted by molar-refractivity contribution is 7.89. The molecule has 2 unspecified atom stereocenters. The maximum Gasteiger partial charge on any atom is 0.483 e. The normalized spacial score (nSPS) is 14.7. The van der Waals surface area contributed by atoms with Crippen LogP contribution in [0.25, 0.3) is 0 Å². The van der Waals surface area contributed by atoms with Gasteiger partial charge < -0.3 is 9.84 Å². The fourth-order valence-electron chi connectivity index (χ4n) is 3.97. The van der Waals surface area contributed by atoms with Crippen LogP contribution in [-0.4, -0.2) is 51.3 Å². The Balaban J connectivity index is 2.31. The molecule has 0 aliphatic rings. The van der Waals surface area contributed by atoms with Gasteiger partial charge in [0, 0.05) is 0 Å². The first-order chi connectivity index (χ1) is 17.5. The van der Waals surface area contributed by atoms with Gasteiger partial charge in [-0.05, 0) is 30.4 Å². The monoisotopic (exact) mass is 556 g/mol. The Morgan fingerprint density at radius 1 is 0.919 bits per heavy atom. The van der Waals surface area contributed by atoms with Crippen molar-refractivity contribution < 1.29 is 37.7 Å². The summed E-state index contributed by atoms with van der Waals surface area (Å²) in [7, 11) is -9.54. The number of carbonyl (C=O) groups is 1. The Hall–Kier alpha value is -1.75. The van der Waals surface area contributed by atoms with Crippen molar-refractivity contribution in [2.45, 2.75) is 76.7 Å². The molecule has 2 rings (SSSR count). The molecule has 0 aliphatic heterocycles. The molecular formula is C26H39NO8PS+. The van der Waals surface area contributed by atoms with E-state index in [-0.39, 0.29) is 19.4 Å². The lowest BCUT2D eigenvalue weighted by molar-refractivity contribution is -0.165.